The summed E-state index contributed by atoms with van der Waals surface area (Å²) in [5.74, 6) is -0.403. The first-order valence-corrected chi connectivity index (χ1v) is 3.17. The van der Waals surface area contributed by atoms with Crippen LogP contribution in [0.5, 0.6) is 0 Å². The van der Waals surface area contributed by atoms with E-state index in [4.69, 9.17) is 15.2 Å². The van der Waals surface area contributed by atoms with E-state index >= 15 is 0 Å². The van der Waals surface area contributed by atoms with E-state index in [0.717, 1.165) is 0 Å². The summed E-state index contributed by atoms with van der Waals surface area (Å²) in [6.45, 7) is 0.476. The third-order valence-corrected chi connectivity index (χ3v) is 1.61. The molecule has 0 unspecified atom stereocenters. The van der Waals surface area contributed by atoms with Gasteiger partial charge in [0.15, 0.2) is 0 Å². The Balaban J connectivity index is 2.35. The summed E-state index contributed by atoms with van der Waals surface area (Å²) in [5, 5.41) is 0. The maximum Gasteiger partial charge on any atom is 0.246 e. The predicted molar refractivity (Wildman–Crippen MR) is 34.3 cm³/mol. The SMILES string of the molecule is CO[C@H]1CO[C@@H](C(N)=O)C1. The Morgan fingerprint density at radius 1 is 1.80 bits per heavy atom. The van der Waals surface area contributed by atoms with E-state index < -0.39 is 12.0 Å². The predicted octanol–water partition coefficient (Wildman–Crippen LogP) is -0.724. The molecule has 0 aromatic rings. The second-order valence-electron chi connectivity index (χ2n) is 2.32. The van der Waals surface area contributed by atoms with Crippen molar-refractivity contribution in [3.05, 3.63) is 0 Å². The second-order valence-corrected chi connectivity index (χ2v) is 2.32. The smallest absolute Gasteiger partial charge is 0.246 e. The van der Waals surface area contributed by atoms with Gasteiger partial charge < -0.3 is 15.2 Å². The van der Waals surface area contributed by atoms with Crippen molar-refractivity contribution in [3.8, 4) is 0 Å². The molecule has 1 heterocycles. The molecule has 1 fully saturated rings. The highest BCUT2D eigenvalue weighted by molar-refractivity contribution is 5.79. The van der Waals surface area contributed by atoms with Gasteiger partial charge in [0, 0.05) is 13.5 Å². The molecule has 2 N–H and O–H groups in total. The molecule has 1 aliphatic rings. The zero-order valence-corrected chi connectivity index (χ0v) is 5.87. The van der Waals surface area contributed by atoms with Crippen molar-refractivity contribution in [2.24, 2.45) is 5.73 Å². The number of carbonyl (C=O) groups is 1. The molecule has 4 nitrogen and oxygen atoms in total. The molecule has 0 spiro atoms. The Hall–Kier alpha value is -0.610. The van der Waals surface area contributed by atoms with Gasteiger partial charge in [0.25, 0.3) is 0 Å². The van der Waals surface area contributed by atoms with Gasteiger partial charge in [-0.3, -0.25) is 4.79 Å². The van der Waals surface area contributed by atoms with Crippen LogP contribution < -0.4 is 5.73 Å². The summed E-state index contributed by atoms with van der Waals surface area (Å²) in [5.41, 5.74) is 5.00. The van der Waals surface area contributed by atoms with Gasteiger partial charge in [0.05, 0.1) is 12.7 Å². The fourth-order valence-electron chi connectivity index (χ4n) is 0.961. The molecule has 1 aliphatic heterocycles. The Kier molecular flexibility index (Phi) is 2.24. The first-order valence-electron chi connectivity index (χ1n) is 3.17. The number of hydrogen-bond donors (Lipinski definition) is 1. The largest absolute Gasteiger partial charge is 0.379 e. The minimum Gasteiger partial charge on any atom is -0.379 e. The Bertz CT molecular complexity index is 137. The molecule has 0 aromatic heterocycles. The van der Waals surface area contributed by atoms with Crippen molar-refractivity contribution >= 4 is 5.91 Å². The highest BCUT2D eigenvalue weighted by Gasteiger charge is 2.28. The van der Waals surface area contributed by atoms with E-state index in [1.165, 1.54) is 0 Å². The van der Waals surface area contributed by atoms with Crippen LogP contribution in [0.15, 0.2) is 0 Å². The molecular formula is C6H11NO3. The second kappa shape index (κ2) is 2.98. The number of methoxy groups -OCH3 is 1. The fourth-order valence-corrected chi connectivity index (χ4v) is 0.961. The molecule has 2 atom stereocenters. The van der Waals surface area contributed by atoms with Crippen molar-refractivity contribution in [1.82, 2.24) is 0 Å². The minimum atomic E-state index is -0.440. The zero-order chi connectivity index (χ0) is 7.56. The number of ether oxygens (including phenoxy) is 2. The molecular weight excluding hydrogens is 134 g/mol. The number of carbonyl (C=O) groups excluding carboxylic acids is 1. The van der Waals surface area contributed by atoms with E-state index in [1.807, 2.05) is 0 Å². The van der Waals surface area contributed by atoms with Gasteiger partial charge in [-0.25, -0.2) is 0 Å². The summed E-state index contributed by atoms with van der Waals surface area (Å²) in [7, 11) is 1.59. The number of hydrogen-bond acceptors (Lipinski definition) is 3. The van der Waals surface area contributed by atoms with Gasteiger partial charge in [-0.1, -0.05) is 0 Å². The average molecular weight is 145 g/mol. The summed E-state index contributed by atoms with van der Waals surface area (Å²) >= 11 is 0. The monoisotopic (exact) mass is 145 g/mol. The maximum atomic E-state index is 10.5. The molecule has 0 radical (unpaired) electrons. The first-order chi connectivity index (χ1) is 4.74. The summed E-state index contributed by atoms with van der Waals surface area (Å²) < 4.78 is 9.98. The Labute approximate surface area is 59.3 Å². The molecule has 0 saturated carbocycles. The van der Waals surface area contributed by atoms with Crippen LogP contribution >= 0.6 is 0 Å². The minimum absolute atomic E-state index is 0.0394. The van der Waals surface area contributed by atoms with Crippen LogP contribution in [-0.4, -0.2) is 31.8 Å². The van der Waals surface area contributed by atoms with E-state index in [2.05, 4.69) is 0 Å². The number of rotatable bonds is 2. The van der Waals surface area contributed by atoms with Gasteiger partial charge in [-0.05, 0) is 0 Å². The van der Waals surface area contributed by atoms with Crippen LogP contribution in [0.1, 0.15) is 6.42 Å². The summed E-state index contributed by atoms with van der Waals surface area (Å²) in [6.07, 6.45) is 0.189. The van der Waals surface area contributed by atoms with Gasteiger partial charge in [0.1, 0.15) is 6.10 Å². The Morgan fingerprint density at radius 3 is 2.80 bits per heavy atom. The van der Waals surface area contributed by atoms with Crippen molar-refractivity contribution in [2.75, 3.05) is 13.7 Å². The lowest BCUT2D eigenvalue weighted by atomic mass is 10.2. The number of nitrogens with two attached hydrogens (primary N) is 1. The lowest BCUT2D eigenvalue weighted by Gasteiger charge is -2.02. The zero-order valence-electron chi connectivity index (χ0n) is 5.87. The molecule has 0 aromatic carbocycles. The first kappa shape index (κ1) is 7.50. The molecule has 0 aliphatic carbocycles. The fraction of sp³-hybridized carbons (Fsp3) is 0.833. The van der Waals surface area contributed by atoms with Crippen LogP contribution in [-0.2, 0) is 14.3 Å². The quantitative estimate of drug-likeness (QED) is 0.557. The molecule has 10 heavy (non-hydrogen) atoms. The molecule has 1 amide bonds. The van der Waals surface area contributed by atoms with Crippen molar-refractivity contribution < 1.29 is 14.3 Å². The molecule has 1 saturated heterocycles. The van der Waals surface area contributed by atoms with Gasteiger partial charge in [-0.15, -0.1) is 0 Å². The highest BCUT2D eigenvalue weighted by atomic mass is 16.5. The molecule has 4 heteroatoms. The number of primary amides is 1. The Morgan fingerprint density at radius 2 is 2.50 bits per heavy atom. The standard InChI is InChI=1S/C6H11NO3/c1-9-4-2-5(6(7)8)10-3-4/h4-5H,2-3H2,1H3,(H2,7,8)/t4-,5-/m1/s1. The highest BCUT2D eigenvalue weighted by Crippen LogP contribution is 2.14. The third kappa shape index (κ3) is 1.46. The number of amides is 1. The summed E-state index contributed by atoms with van der Waals surface area (Å²) in [4.78, 5) is 10.5. The third-order valence-electron chi connectivity index (χ3n) is 1.61. The molecule has 58 valence electrons. The van der Waals surface area contributed by atoms with Gasteiger partial charge in [-0.2, -0.15) is 0 Å². The van der Waals surface area contributed by atoms with Crippen LogP contribution in [0.2, 0.25) is 0 Å². The van der Waals surface area contributed by atoms with Crippen molar-refractivity contribution in [3.63, 3.8) is 0 Å². The van der Waals surface area contributed by atoms with Crippen LogP contribution in [0.25, 0.3) is 0 Å². The topological polar surface area (TPSA) is 61.6 Å². The lowest BCUT2D eigenvalue weighted by molar-refractivity contribution is -0.126. The lowest BCUT2D eigenvalue weighted by Crippen LogP contribution is -2.27. The molecule has 0 bridgehead atoms. The normalized spacial score (nSPS) is 32.5. The maximum absolute atomic E-state index is 10.5. The van der Waals surface area contributed by atoms with E-state index in [0.29, 0.717) is 13.0 Å². The summed E-state index contributed by atoms with van der Waals surface area (Å²) in [6, 6.07) is 0. The van der Waals surface area contributed by atoms with Crippen LogP contribution in [0.3, 0.4) is 0 Å². The van der Waals surface area contributed by atoms with E-state index in [9.17, 15) is 4.79 Å². The van der Waals surface area contributed by atoms with E-state index in [-0.39, 0.29) is 6.10 Å². The van der Waals surface area contributed by atoms with Crippen LogP contribution in [0.4, 0.5) is 0 Å². The average Bonchev–Trinajstić information content (AvgIpc) is 2.34. The van der Waals surface area contributed by atoms with Crippen molar-refractivity contribution in [1.29, 1.82) is 0 Å². The van der Waals surface area contributed by atoms with E-state index in [1.54, 1.807) is 7.11 Å². The van der Waals surface area contributed by atoms with Crippen LogP contribution in [0, 0.1) is 0 Å². The van der Waals surface area contributed by atoms with Crippen molar-refractivity contribution in [2.45, 2.75) is 18.6 Å². The van der Waals surface area contributed by atoms with Gasteiger partial charge in [0.2, 0.25) is 5.91 Å². The molecule has 1 rings (SSSR count). The van der Waals surface area contributed by atoms with Gasteiger partial charge >= 0.3 is 0 Å².